The molecule has 1 aromatic carbocycles. The van der Waals surface area contributed by atoms with Crippen LogP contribution in [0.3, 0.4) is 0 Å². The number of para-hydroxylation sites is 2. The van der Waals surface area contributed by atoms with E-state index in [9.17, 15) is 9.90 Å². The molecule has 0 amide bonds. The minimum absolute atomic E-state index is 0.0808. The van der Waals surface area contributed by atoms with Gasteiger partial charge in [0.05, 0.1) is 20.8 Å². The molecule has 0 spiro atoms. The minimum atomic E-state index is -0.835. The molecule has 0 saturated heterocycles. The number of benzene rings is 1. The molecule has 0 saturated carbocycles. The van der Waals surface area contributed by atoms with Gasteiger partial charge < -0.3 is 24.1 Å². The van der Waals surface area contributed by atoms with Gasteiger partial charge in [0.15, 0.2) is 17.3 Å². The van der Waals surface area contributed by atoms with Crippen molar-refractivity contribution in [3.63, 3.8) is 0 Å². The maximum Gasteiger partial charge on any atom is 0.513 e. The maximum atomic E-state index is 11.2. The molecule has 1 N–H and O–H groups in total. The van der Waals surface area contributed by atoms with Crippen molar-refractivity contribution in [2.45, 2.75) is 6.42 Å². The van der Waals surface area contributed by atoms with Gasteiger partial charge in [-0.2, -0.15) is 0 Å². The number of hydrogen-bond donors (Lipinski definition) is 1. The largest absolute Gasteiger partial charge is 0.513 e. The SMILES string of the molecule is COC(=O)OC1=C(O)CCN(CCOc2ccccc2OC)C1. The topological polar surface area (TPSA) is 77.5 Å². The number of aliphatic hydroxyl groups is 1. The normalized spacial score (nSPS) is 15.2. The molecule has 1 aliphatic heterocycles. The Morgan fingerprint density at radius 3 is 2.70 bits per heavy atom. The third kappa shape index (κ3) is 4.79. The highest BCUT2D eigenvalue weighted by atomic mass is 16.7. The standard InChI is InChI=1S/C16H21NO6/c1-20-13-5-3-4-6-14(13)22-10-9-17-8-7-12(18)15(11-17)23-16(19)21-2/h3-6,18H,7-11H2,1-2H3. The van der Waals surface area contributed by atoms with Crippen LogP contribution in [-0.4, -0.2) is 56.6 Å². The van der Waals surface area contributed by atoms with Gasteiger partial charge in [-0.25, -0.2) is 4.79 Å². The summed E-state index contributed by atoms with van der Waals surface area (Å²) in [6, 6.07) is 7.42. The highest BCUT2D eigenvalue weighted by Crippen LogP contribution is 2.25. The molecule has 1 aromatic rings. The summed E-state index contributed by atoms with van der Waals surface area (Å²) in [4.78, 5) is 13.2. The van der Waals surface area contributed by atoms with Crippen molar-refractivity contribution >= 4 is 6.16 Å². The summed E-state index contributed by atoms with van der Waals surface area (Å²) >= 11 is 0. The fourth-order valence-corrected chi connectivity index (χ4v) is 2.22. The molecule has 126 valence electrons. The zero-order valence-corrected chi connectivity index (χ0v) is 13.3. The van der Waals surface area contributed by atoms with E-state index in [1.54, 1.807) is 7.11 Å². The summed E-state index contributed by atoms with van der Waals surface area (Å²) in [6.45, 7) is 2.07. The van der Waals surface area contributed by atoms with Crippen LogP contribution in [0.2, 0.25) is 0 Å². The third-order valence-corrected chi connectivity index (χ3v) is 3.46. The lowest BCUT2D eigenvalue weighted by molar-refractivity contribution is 0.0770. The minimum Gasteiger partial charge on any atom is -0.509 e. The molecule has 0 unspecified atom stereocenters. The quantitative estimate of drug-likeness (QED) is 0.805. The number of methoxy groups -OCH3 is 2. The molecule has 0 aliphatic carbocycles. The summed E-state index contributed by atoms with van der Waals surface area (Å²) in [7, 11) is 2.82. The maximum absolute atomic E-state index is 11.2. The Labute approximate surface area is 135 Å². The molecule has 0 radical (unpaired) electrons. The van der Waals surface area contributed by atoms with Crippen LogP contribution in [0, 0.1) is 0 Å². The second kappa shape index (κ2) is 8.28. The first kappa shape index (κ1) is 17.0. The second-order valence-corrected chi connectivity index (χ2v) is 4.95. The number of nitrogens with zero attached hydrogens (tertiary/aromatic N) is 1. The van der Waals surface area contributed by atoms with E-state index < -0.39 is 6.16 Å². The smallest absolute Gasteiger partial charge is 0.509 e. The number of carbonyl (C=O) groups is 1. The van der Waals surface area contributed by atoms with E-state index in [1.165, 1.54) is 7.11 Å². The molecular formula is C16H21NO6. The van der Waals surface area contributed by atoms with Crippen molar-refractivity contribution in [2.75, 3.05) is 40.5 Å². The van der Waals surface area contributed by atoms with Gasteiger partial charge in [0.25, 0.3) is 0 Å². The first-order chi connectivity index (χ1) is 11.1. The van der Waals surface area contributed by atoms with Crippen LogP contribution in [-0.2, 0) is 9.47 Å². The van der Waals surface area contributed by atoms with Crippen LogP contribution in [0.5, 0.6) is 11.5 Å². The molecule has 0 fully saturated rings. The van der Waals surface area contributed by atoms with Crippen LogP contribution >= 0.6 is 0 Å². The van der Waals surface area contributed by atoms with Gasteiger partial charge in [-0.3, -0.25) is 4.90 Å². The molecule has 23 heavy (non-hydrogen) atoms. The van der Waals surface area contributed by atoms with E-state index in [4.69, 9.17) is 14.2 Å². The van der Waals surface area contributed by atoms with Gasteiger partial charge >= 0.3 is 6.16 Å². The van der Waals surface area contributed by atoms with Gasteiger partial charge in [0, 0.05) is 19.5 Å². The lowest BCUT2D eigenvalue weighted by Gasteiger charge is -2.27. The summed E-state index contributed by atoms with van der Waals surface area (Å²) in [5.74, 6) is 1.66. The zero-order chi connectivity index (χ0) is 16.7. The van der Waals surface area contributed by atoms with Crippen molar-refractivity contribution in [1.29, 1.82) is 0 Å². The van der Waals surface area contributed by atoms with Crippen molar-refractivity contribution in [3.8, 4) is 11.5 Å². The molecule has 7 heteroatoms. The molecule has 2 rings (SSSR count). The van der Waals surface area contributed by atoms with Gasteiger partial charge in [-0.15, -0.1) is 0 Å². The van der Waals surface area contributed by atoms with Crippen molar-refractivity contribution in [2.24, 2.45) is 0 Å². The third-order valence-electron chi connectivity index (χ3n) is 3.46. The Bertz CT molecular complexity index is 571. The summed E-state index contributed by atoms with van der Waals surface area (Å²) < 4.78 is 20.3. The summed E-state index contributed by atoms with van der Waals surface area (Å²) in [5, 5.41) is 9.78. The van der Waals surface area contributed by atoms with Gasteiger partial charge in [-0.1, -0.05) is 12.1 Å². The van der Waals surface area contributed by atoms with E-state index in [-0.39, 0.29) is 11.5 Å². The van der Waals surface area contributed by atoms with Crippen LogP contribution in [0.4, 0.5) is 4.79 Å². The molecule has 1 aliphatic rings. The summed E-state index contributed by atoms with van der Waals surface area (Å²) in [5.41, 5.74) is 0. The molecule has 0 aromatic heterocycles. The molecular weight excluding hydrogens is 302 g/mol. The fraction of sp³-hybridized carbons (Fsp3) is 0.438. The number of rotatable bonds is 6. The van der Waals surface area contributed by atoms with Gasteiger partial charge in [0.1, 0.15) is 12.4 Å². The predicted octanol–water partition coefficient (Wildman–Crippen LogP) is 2.33. The Kier molecular flexibility index (Phi) is 6.10. The van der Waals surface area contributed by atoms with E-state index >= 15 is 0 Å². The van der Waals surface area contributed by atoms with Crippen molar-refractivity contribution in [3.05, 3.63) is 35.8 Å². The lowest BCUT2D eigenvalue weighted by Crippen LogP contribution is -2.36. The number of aliphatic hydroxyl groups excluding tert-OH is 1. The van der Waals surface area contributed by atoms with Crippen LogP contribution in [0.1, 0.15) is 6.42 Å². The average molecular weight is 323 g/mol. The Balaban J connectivity index is 1.84. The fourth-order valence-electron chi connectivity index (χ4n) is 2.22. The first-order valence-electron chi connectivity index (χ1n) is 7.29. The van der Waals surface area contributed by atoms with Crippen LogP contribution < -0.4 is 9.47 Å². The Hall–Kier alpha value is -2.41. The van der Waals surface area contributed by atoms with Crippen LogP contribution in [0.25, 0.3) is 0 Å². The van der Waals surface area contributed by atoms with Gasteiger partial charge in [0.2, 0.25) is 0 Å². The van der Waals surface area contributed by atoms with Crippen LogP contribution in [0.15, 0.2) is 35.8 Å². The van der Waals surface area contributed by atoms with E-state index in [1.807, 2.05) is 29.2 Å². The first-order valence-corrected chi connectivity index (χ1v) is 7.29. The monoisotopic (exact) mass is 323 g/mol. The highest BCUT2D eigenvalue weighted by molar-refractivity contribution is 5.61. The van der Waals surface area contributed by atoms with E-state index in [0.29, 0.717) is 44.2 Å². The van der Waals surface area contributed by atoms with Gasteiger partial charge in [-0.05, 0) is 12.1 Å². The molecule has 0 bridgehead atoms. The van der Waals surface area contributed by atoms with Crippen molar-refractivity contribution in [1.82, 2.24) is 4.90 Å². The molecule has 7 nitrogen and oxygen atoms in total. The summed E-state index contributed by atoms with van der Waals surface area (Å²) in [6.07, 6.45) is -0.417. The molecule has 1 heterocycles. The number of ether oxygens (including phenoxy) is 4. The van der Waals surface area contributed by atoms with E-state index in [2.05, 4.69) is 4.74 Å². The van der Waals surface area contributed by atoms with Crippen molar-refractivity contribution < 1.29 is 28.8 Å². The molecule has 0 atom stereocenters. The Morgan fingerprint density at radius 2 is 2.00 bits per heavy atom. The average Bonchev–Trinajstić information content (AvgIpc) is 2.58. The second-order valence-electron chi connectivity index (χ2n) is 4.95. The highest BCUT2D eigenvalue weighted by Gasteiger charge is 2.22. The number of hydrogen-bond acceptors (Lipinski definition) is 7. The predicted molar refractivity (Wildman–Crippen MR) is 82.7 cm³/mol. The van der Waals surface area contributed by atoms with E-state index in [0.717, 1.165) is 0 Å². The lowest BCUT2D eigenvalue weighted by atomic mass is 10.2. The Morgan fingerprint density at radius 1 is 1.26 bits per heavy atom. The number of carbonyl (C=O) groups excluding carboxylic acids is 1. The zero-order valence-electron chi connectivity index (χ0n) is 13.3.